The molecule has 2 aromatic rings. The second-order valence-electron chi connectivity index (χ2n) is 3.52. The number of rotatable bonds is 1. The van der Waals surface area contributed by atoms with E-state index in [0.717, 1.165) is 6.07 Å². The van der Waals surface area contributed by atoms with Gasteiger partial charge in [-0.05, 0) is 28.5 Å². The quantitative estimate of drug-likeness (QED) is 0.790. The van der Waals surface area contributed by atoms with Gasteiger partial charge in [0.2, 0.25) is 0 Å². The summed E-state index contributed by atoms with van der Waals surface area (Å²) in [6.45, 7) is -0.262. The highest BCUT2D eigenvalue weighted by atomic mass is 19.4. The summed E-state index contributed by atoms with van der Waals surface area (Å²) in [5.74, 6) is 0. The van der Waals surface area contributed by atoms with E-state index in [1.165, 1.54) is 12.1 Å². The van der Waals surface area contributed by atoms with Crippen molar-refractivity contribution in [1.29, 1.82) is 0 Å². The molecule has 2 aromatic carbocycles. The molecule has 0 spiro atoms. The molecule has 0 saturated carbocycles. The average molecular weight is 226 g/mol. The number of benzene rings is 2. The van der Waals surface area contributed by atoms with Crippen molar-refractivity contribution in [3.05, 3.63) is 47.5 Å². The van der Waals surface area contributed by atoms with Gasteiger partial charge in [0.25, 0.3) is 0 Å². The first-order chi connectivity index (χ1) is 7.52. The number of halogens is 3. The third-order valence-corrected chi connectivity index (χ3v) is 2.43. The minimum absolute atomic E-state index is 0.126. The van der Waals surface area contributed by atoms with Gasteiger partial charge in [0, 0.05) is 0 Å². The second kappa shape index (κ2) is 3.79. The smallest absolute Gasteiger partial charge is 0.392 e. The lowest BCUT2D eigenvalue weighted by Gasteiger charge is -2.10. The molecular formula is C12H9F3O. The summed E-state index contributed by atoms with van der Waals surface area (Å²) in [6.07, 6.45) is -4.37. The summed E-state index contributed by atoms with van der Waals surface area (Å²) in [5, 5.41) is 9.56. The SMILES string of the molecule is OCc1ccc2cccc(C(F)(F)F)c2c1. The molecule has 0 aliphatic carbocycles. The molecule has 1 N–H and O–H groups in total. The maximum atomic E-state index is 12.7. The molecule has 0 atom stereocenters. The molecule has 1 nitrogen and oxygen atoms in total. The van der Waals surface area contributed by atoms with E-state index < -0.39 is 11.7 Å². The Balaban J connectivity index is 2.74. The molecule has 0 unspecified atom stereocenters. The van der Waals surface area contributed by atoms with Crippen molar-refractivity contribution in [2.45, 2.75) is 12.8 Å². The van der Waals surface area contributed by atoms with Crippen LogP contribution in [0.15, 0.2) is 36.4 Å². The van der Waals surface area contributed by atoms with Crippen LogP contribution in [0.4, 0.5) is 13.2 Å². The van der Waals surface area contributed by atoms with Gasteiger partial charge in [-0.1, -0.05) is 24.3 Å². The Hall–Kier alpha value is -1.55. The van der Waals surface area contributed by atoms with E-state index >= 15 is 0 Å². The van der Waals surface area contributed by atoms with Crippen LogP contribution in [-0.2, 0) is 12.8 Å². The Morgan fingerprint density at radius 3 is 2.44 bits per heavy atom. The van der Waals surface area contributed by atoms with E-state index in [1.807, 2.05) is 0 Å². The first-order valence-corrected chi connectivity index (χ1v) is 4.72. The average Bonchev–Trinajstić information content (AvgIpc) is 2.26. The zero-order chi connectivity index (χ0) is 11.8. The van der Waals surface area contributed by atoms with E-state index in [2.05, 4.69) is 0 Å². The van der Waals surface area contributed by atoms with Crippen LogP contribution in [0.2, 0.25) is 0 Å². The van der Waals surface area contributed by atoms with Gasteiger partial charge in [-0.15, -0.1) is 0 Å². The number of hydrogen-bond donors (Lipinski definition) is 1. The fourth-order valence-corrected chi connectivity index (χ4v) is 1.67. The van der Waals surface area contributed by atoms with Gasteiger partial charge in [0.15, 0.2) is 0 Å². The monoisotopic (exact) mass is 226 g/mol. The molecule has 0 fully saturated rings. The van der Waals surface area contributed by atoms with E-state index in [9.17, 15) is 13.2 Å². The summed E-state index contributed by atoms with van der Waals surface area (Å²) in [5.41, 5.74) is -0.190. The molecule has 0 radical (unpaired) electrons. The summed E-state index contributed by atoms with van der Waals surface area (Å²) in [7, 11) is 0. The van der Waals surface area contributed by atoms with E-state index in [1.54, 1.807) is 18.2 Å². The Bertz CT molecular complexity index is 517. The number of aliphatic hydroxyl groups is 1. The first kappa shape index (κ1) is 11.0. The molecule has 2 rings (SSSR count). The van der Waals surface area contributed by atoms with Crippen LogP contribution in [0.1, 0.15) is 11.1 Å². The van der Waals surface area contributed by atoms with Crippen molar-refractivity contribution in [2.24, 2.45) is 0 Å². The normalized spacial score (nSPS) is 12.0. The molecule has 0 heterocycles. The fourth-order valence-electron chi connectivity index (χ4n) is 1.67. The summed E-state index contributed by atoms with van der Waals surface area (Å²) in [4.78, 5) is 0. The van der Waals surface area contributed by atoms with E-state index in [-0.39, 0.29) is 12.0 Å². The van der Waals surface area contributed by atoms with Crippen LogP contribution in [0.3, 0.4) is 0 Å². The predicted molar refractivity (Wildman–Crippen MR) is 54.9 cm³/mol. The molecule has 0 bridgehead atoms. The van der Waals surface area contributed by atoms with E-state index in [4.69, 9.17) is 5.11 Å². The number of aliphatic hydroxyl groups excluding tert-OH is 1. The Labute approximate surface area is 90.1 Å². The lowest BCUT2D eigenvalue weighted by atomic mass is 10.0. The largest absolute Gasteiger partial charge is 0.417 e. The number of fused-ring (bicyclic) bond motifs is 1. The molecule has 16 heavy (non-hydrogen) atoms. The highest BCUT2D eigenvalue weighted by molar-refractivity contribution is 5.86. The van der Waals surface area contributed by atoms with Crippen molar-refractivity contribution in [1.82, 2.24) is 0 Å². The fraction of sp³-hybridized carbons (Fsp3) is 0.167. The number of alkyl halides is 3. The molecule has 0 aliphatic heterocycles. The maximum absolute atomic E-state index is 12.7. The van der Waals surface area contributed by atoms with Crippen molar-refractivity contribution >= 4 is 10.8 Å². The summed E-state index contributed by atoms with van der Waals surface area (Å²) >= 11 is 0. The topological polar surface area (TPSA) is 20.2 Å². The molecule has 0 aliphatic rings. The van der Waals surface area contributed by atoms with Crippen molar-refractivity contribution < 1.29 is 18.3 Å². The van der Waals surface area contributed by atoms with Crippen LogP contribution < -0.4 is 0 Å². The van der Waals surface area contributed by atoms with Gasteiger partial charge in [-0.3, -0.25) is 0 Å². The molecular weight excluding hydrogens is 217 g/mol. The van der Waals surface area contributed by atoms with Gasteiger partial charge in [-0.2, -0.15) is 13.2 Å². The maximum Gasteiger partial charge on any atom is 0.417 e. The van der Waals surface area contributed by atoms with Gasteiger partial charge in [-0.25, -0.2) is 0 Å². The minimum atomic E-state index is -4.37. The van der Waals surface area contributed by atoms with Crippen LogP contribution >= 0.6 is 0 Å². The highest BCUT2D eigenvalue weighted by Crippen LogP contribution is 2.34. The molecule has 84 valence electrons. The third kappa shape index (κ3) is 1.88. The highest BCUT2D eigenvalue weighted by Gasteiger charge is 2.32. The van der Waals surface area contributed by atoms with Crippen molar-refractivity contribution in [2.75, 3.05) is 0 Å². The van der Waals surface area contributed by atoms with Gasteiger partial charge in [0.1, 0.15) is 0 Å². The van der Waals surface area contributed by atoms with Crippen LogP contribution in [0, 0.1) is 0 Å². The zero-order valence-electron chi connectivity index (χ0n) is 8.25. The molecule has 0 aromatic heterocycles. The van der Waals surface area contributed by atoms with Gasteiger partial charge < -0.3 is 5.11 Å². The van der Waals surface area contributed by atoms with Crippen molar-refractivity contribution in [3.63, 3.8) is 0 Å². The van der Waals surface area contributed by atoms with Crippen LogP contribution in [0.5, 0.6) is 0 Å². The van der Waals surface area contributed by atoms with Crippen LogP contribution in [-0.4, -0.2) is 5.11 Å². The molecule has 0 saturated heterocycles. The minimum Gasteiger partial charge on any atom is -0.392 e. The standard InChI is InChI=1S/C12H9F3O/c13-12(14,15)11-3-1-2-9-5-4-8(7-16)6-10(9)11/h1-6,16H,7H2. The summed E-state index contributed by atoms with van der Waals surface area (Å²) in [6, 6.07) is 8.61. The second-order valence-corrected chi connectivity index (χ2v) is 3.52. The lowest BCUT2D eigenvalue weighted by Crippen LogP contribution is -2.05. The van der Waals surface area contributed by atoms with Crippen molar-refractivity contribution in [3.8, 4) is 0 Å². The third-order valence-electron chi connectivity index (χ3n) is 2.43. The van der Waals surface area contributed by atoms with E-state index in [0.29, 0.717) is 10.9 Å². The predicted octanol–water partition coefficient (Wildman–Crippen LogP) is 3.35. The van der Waals surface area contributed by atoms with Gasteiger partial charge >= 0.3 is 6.18 Å². The first-order valence-electron chi connectivity index (χ1n) is 4.72. The number of hydrogen-bond acceptors (Lipinski definition) is 1. The zero-order valence-corrected chi connectivity index (χ0v) is 8.25. The molecule has 4 heteroatoms. The lowest BCUT2D eigenvalue weighted by molar-refractivity contribution is -0.136. The Kier molecular flexibility index (Phi) is 2.59. The van der Waals surface area contributed by atoms with Crippen LogP contribution in [0.25, 0.3) is 10.8 Å². The Morgan fingerprint density at radius 1 is 1.06 bits per heavy atom. The van der Waals surface area contributed by atoms with Gasteiger partial charge in [0.05, 0.1) is 12.2 Å². The Morgan fingerprint density at radius 2 is 1.81 bits per heavy atom. The summed E-state index contributed by atoms with van der Waals surface area (Å²) < 4.78 is 38.1. The molecule has 0 amide bonds.